The van der Waals surface area contributed by atoms with E-state index >= 15 is 0 Å². The number of hydrogen-bond donors (Lipinski definition) is 1. The van der Waals surface area contributed by atoms with Crippen LogP contribution in [0.1, 0.15) is 17.9 Å². The van der Waals surface area contributed by atoms with Crippen molar-refractivity contribution in [2.75, 3.05) is 19.8 Å². The molecule has 0 saturated carbocycles. The molecule has 0 bridgehead atoms. The Bertz CT molecular complexity index is 281. The van der Waals surface area contributed by atoms with Crippen LogP contribution in [0.25, 0.3) is 0 Å². The average molecular weight is 207 g/mol. The van der Waals surface area contributed by atoms with Gasteiger partial charge < -0.3 is 15.2 Å². The number of benzene rings is 1. The minimum absolute atomic E-state index is 0.102. The molecule has 1 aromatic rings. The van der Waals surface area contributed by atoms with Gasteiger partial charge in [-0.25, -0.2) is 0 Å². The molecule has 15 heavy (non-hydrogen) atoms. The Kier molecular flexibility index (Phi) is 3.72. The van der Waals surface area contributed by atoms with Crippen molar-refractivity contribution in [2.24, 2.45) is 5.73 Å². The topological polar surface area (TPSA) is 44.5 Å². The highest BCUT2D eigenvalue weighted by Crippen LogP contribution is 2.22. The van der Waals surface area contributed by atoms with Crippen molar-refractivity contribution in [3.05, 3.63) is 35.9 Å². The van der Waals surface area contributed by atoms with E-state index in [4.69, 9.17) is 15.2 Å². The lowest BCUT2D eigenvalue weighted by Crippen LogP contribution is -2.32. The van der Waals surface area contributed by atoms with E-state index in [1.165, 1.54) is 5.56 Å². The van der Waals surface area contributed by atoms with Crippen LogP contribution in [-0.2, 0) is 9.47 Å². The molecule has 0 atom stereocenters. The molecule has 82 valence electrons. The quantitative estimate of drug-likeness (QED) is 0.816. The van der Waals surface area contributed by atoms with E-state index < -0.39 is 0 Å². The largest absolute Gasteiger partial charge is 0.352 e. The van der Waals surface area contributed by atoms with Gasteiger partial charge in [0.15, 0.2) is 6.29 Å². The molecule has 0 unspecified atom stereocenters. The molecule has 0 aliphatic carbocycles. The van der Waals surface area contributed by atoms with Crippen molar-refractivity contribution in [2.45, 2.75) is 18.6 Å². The van der Waals surface area contributed by atoms with E-state index in [0.29, 0.717) is 12.5 Å². The standard InChI is InChI=1S/C12H17NO2/c13-7-6-12-14-8-11(9-15-12)10-4-2-1-3-5-10/h1-5,11-12H,6-9,13H2/t11-,12-. The van der Waals surface area contributed by atoms with Gasteiger partial charge in [-0.05, 0) is 12.1 Å². The fourth-order valence-corrected chi connectivity index (χ4v) is 1.76. The average Bonchev–Trinajstić information content (AvgIpc) is 2.32. The Morgan fingerprint density at radius 2 is 1.80 bits per heavy atom. The molecule has 2 rings (SSSR count). The van der Waals surface area contributed by atoms with Crippen LogP contribution < -0.4 is 5.73 Å². The Morgan fingerprint density at radius 1 is 1.13 bits per heavy atom. The lowest BCUT2D eigenvalue weighted by Gasteiger charge is -2.29. The third-order valence-electron chi connectivity index (χ3n) is 2.64. The fourth-order valence-electron chi connectivity index (χ4n) is 1.76. The minimum Gasteiger partial charge on any atom is -0.352 e. The molecule has 1 aliphatic heterocycles. The van der Waals surface area contributed by atoms with Crippen LogP contribution in [0.4, 0.5) is 0 Å². The molecule has 1 saturated heterocycles. The molecule has 3 heteroatoms. The van der Waals surface area contributed by atoms with Crippen molar-refractivity contribution < 1.29 is 9.47 Å². The SMILES string of the molecule is NCC[C@H]1OC[C@H](c2ccccc2)CO1. The first kappa shape index (κ1) is 10.6. The van der Waals surface area contributed by atoms with Gasteiger partial charge in [0, 0.05) is 12.3 Å². The van der Waals surface area contributed by atoms with Crippen LogP contribution in [0.15, 0.2) is 30.3 Å². The molecular formula is C12H17NO2. The summed E-state index contributed by atoms with van der Waals surface area (Å²) in [4.78, 5) is 0. The molecular weight excluding hydrogens is 190 g/mol. The van der Waals surface area contributed by atoms with Crippen LogP contribution in [0, 0.1) is 0 Å². The van der Waals surface area contributed by atoms with Gasteiger partial charge in [0.1, 0.15) is 0 Å². The predicted octanol–water partition coefficient (Wildman–Crippen LogP) is 1.49. The molecule has 0 spiro atoms. The zero-order valence-electron chi connectivity index (χ0n) is 8.76. The van der Waals surface area contributed by atoms with Crippen LogP contribution >= 0.6 is 0 Å². The first-order valence-corrected chi connectivity index (χ1v) is 5.38. The van der Waals surface area contributed by atoms with Gasteiger partial charge in [-0.15, -0.1) is 0 Å². The van der Waals surface area contributed by atoms with E-state index in [9.17, 15) is 0 Å². The second kappa shape index (κ2) is 5.26. The number of hydrogen-bond acceptors (Lipinski definition) is 3. The van der Waals surface area contributed by atoms with Crippen molar-refractivity contribution in [1.82, 2.24) is 0 Å². The Labute approximate surface area is 90.2 Å². The molecule has 1 aliphatic rings. The fraction of sp³-hybridized carbons (Fsp3) is 0.500. The summed E-state index contributed by atoms with van der Waals surface area (Å²) in [5.41, 5.74) is 6.73. The lowest BCUT2D eigenvalue weighted by atomic mass is 10.0. The zero-order chi connectivity index (χ0) is 10.5. The molecule has 1 fully saturated rings. The van der Waals surface area contributed by atoms with Gasteiger partial charge in [0.05, 0.1) is 13.2 Å². The van der Waals surface area contributed by atoms with E-state index in [0.717, 1.165) is 19.6 Å². The summed E-state index contributed by atoms with van der Waals surface area (Å²) in [7, 11) is 0. The second-order valence-electron chi connectivity index (χ2n) is 3.78. The highest BCUT2D eigenvalue weighted by atomic mass is 16.7. The van der Waals surface area contributed by atoms with Crippen molar-refractivity contribution >= 4 is 0 Å². The first-order chi connectivity index (χ1) is 7.40. The summed E-state index contributed by atoms with van der Waals surface area (Å²) >= 11 is 0. The van der Waals surface area contributed by atoms with Crippen molar-refractivity contribution in [3.63, 3.8) is 0 Å². The van der Waals surface area contributed by atoms with E-state index in [1.54, 1.807) is 0 Å². The van der Waals surface area contributed by atoms with Crippen LogP contribution in [0.2, 0.25) is 0 Å². The summed E-state index contributed by atoms with van der Waals surface area (Å²) in [6.45, 7) is 2.07. The van der Waals surface area contributed by atoms with Crippen LogP contribution in [0.5, 0.6) is 0 Å². The molecule has 0 aromatic heterocycles. The highest BCUT2D eigenvalue weighted by Gasteiger charge is 2.22. The normalized spacial score (nSPS) is 26.5. The molecule has 3 nitrogen and oxygen atoms in total. The van der Waals surface area contributed by atoms with Gasteiger partial charge in [0.2, 0.25) is 0 Å². The molecule has 1 heterocycles. The zero-order valence-corrected chi connectivity index (χ0v) is 8.76. The number of ether oxygens (including phenoxy) is 2. The van der Waals surface area contributed by atoms with Gasteiger partial charge in [-0.3, -0.25) is 0 Å². The lowest BCUT2D eigenvalue weighted by molar-refractivity contribution is -0.188. The highest BCUT2D eigenvalue weighted by molar-refractivity contribution is 5.19. The summed E-state index contributed by atoms with van der Waals surface area (Å²) < 4.78 is 11.2. The second-order valence-corrected chi connectivity index (χ2v) is 3.78. The maximum Gasteiger partial charge on any atom is 0.158 e. The molecule has 2 N–H and O–H groups in total. The predicted molar refractivity (Wildman–Crippen MR) is 58.5 cm³/mol. The van der Waals surface area contributed by atoms with Crippen LogP contribution in [0.3, 0.4) is 0 Å². The van der Waals surface area contributed by atoms with Crippen molar-refractivity contribution in [3.8, 4) is 0 Å². The Balaban J connectivity index is 1.88. The van der Waals surface area contributed by atoms with Gasteiger partial charge in [-0.2, -0.15) is 0 Å². The maximum atomic E-state index is 5.58. The summed E-state index contributed by atoms with van der Waals surface area (Å²) in [6.07, 6.45) is 0.677. The van der Waals surface area contributed by atoms with Crippen LogP contribution in [-0.4, -0.2) is 26.0 Å². The summed E-state index contributed by atoms with van der Waals surface area (Å²) in [5.74, 6) is 0.361. The number of rotatable bonds is 3. The minimum atomic E-state index is -0.102. The van der Waals surface area contributed by atoms with E-state index in [1.807, 2.05) is 18.2 Å². The molecule has 0 amide bonds. The Hall–Kier alpha value is -0.900. The van der Waals surface area contributed by atoms with Gasteiger partial charge in [-0.1, -0.05) is 30.3 Å². The van der Waals surface area contributed by atoms with Crippen molar-refractivity contribution in [1.29, 1.82) is 0 Å². The number of nitrogens with two attached hydrogens (primary N) is 1. The first-order valence-electron chi connectivity index (χ1n) is 5.38. The van der Waals surface area contributed by atoms with Gasteiger partial charge >= 0.3 is 0 Å². The molecule has 0 radical (unpaired) electrons. The third-order valence-corrected chi connectivity index (χ3v) is 2.64. The van der Waals surface area contributed by atoms with E-state index in [-0.39, 0.29) is 6.29 Å². The smallest absolute Gasteiger partial charge is 0.158 e. The summed E-state index contributed by atoms with van der Waals surface area (Å²) in [5, 5.41) is 0. The Morgan fingerprint density at radius 3 is 2.40 bits per heavy atom. The molecule has 1 aromatic carbocycles. The maximum absolute atomic E-state index is 5.58. The summed E-state index contributed by atoms with van der Waals surface area (Å²) in [6, 6.07) is 10.3. The van der Waals surface area contributed by atoms with Gasteiger partial charge in [0.25, 0.3) is 0 Å². The third kappa shape index (κ3) is 2.78. The van der Waals surface area contributed by atoms with E-state index in [2.05, 4.69) is 12.1 Å². The monoisotopic (exact) mass is 207 g/mol.